The van der Waals surface area contributed by atoms with Crippen molar-refractivity contribution in [1.82, 2.24) is 5.32 Å². The molecule has 3 heteroatoms. The Morgan fingerprint density at radius 3 is 2.72 bits per heavy atom. The Bertz CT molecular complexity index is 386. The molecule has 1 saturated carbocycles. The van der Waals surface area contributed by atoms with E-state index in [1.807, 2.05) is 13.1 Å². The van der Waals surface area contributed by atoms with Crippen LogP contribution < -0.4 is 10.1 Å². The van der Waals surface area contributed by atoms with Crippen molar-refractivity contribution in [3.05, 3.63) is 29.3 Å². The smallest absolute Gasteiger partial charge is 0.124 e. The zero-order valence-corrected chi connectivity index (χ0v) is 11.3. The van der Waals surface area contributed by atoms with Gasteiger partial charge in [0.05, 0.1) is 13.2 Å². The number of ether oxygens (including phenoxy) is 1. The molecule has 1 aliphatic carbocycles. The lowest BCUT2D eigenvalue weighted by Crippen LogP contribution is -2.17. The summed E-state index contributed by atoms with van der Waals surface area (Å²) in [4.78, 5) is 0. The van der Waals surface area contributed by atoms with Crippen LogP contribution in [0.25, 0.3) is 0 Å². The van der Waals surface area contributed by atoms with Crippen molar-refractivity contribution in [3.8, 4) is 5.75 Å². The van der Waals surface area contributed by atoms with Crippen LogP contribution in [-0.2, 0) is 0 Å². The molecular formula is C15H23NO2. The Labute approximate surface area is 109 Å². The minimum absolute atomic E-state index is 0.508. The Hall–Kier alpha value is -1.06. The lowest BCUT2D eigenvalue weighted by atomic mass is 9.94. The highest BCUT2D eigenvalue weighted by Crippen LogP contribution is 2.37. The van der Waals surface area contributed by atoms with E-state index in [9.17, 15) is 5.11 Å². The molecule has 18 heavy (non-hydrogen) atoms. The van der Waals surface area contributed by atoms with Crippen LogP contribution in [-0.4, -0.2) is 25.8 Å². The van der Waals surface area contributed by atoms with Gasteiger partial charge in [0.25, 0.3) is 0 Å². The van der Waals surface area contributed by atoms with E-state index in [1.165, 1.54) is 31.2 Å². The Balaban J connectivity index is 2.26. The molecule has 1 fully saturated rings. The number of hydrogen-bond acceptors (Lipinski definition) is 3. The summed E-state index contributed by atoms with van der Waals surface area (Å²) < 4.78 is 5.34. The minimum Gasteiger partial charge on any atom is -0.496 e. The van der Waals surface area contributed by atoms with Crippen molar-refractivity contribution in [3.63, 3.8) is 0 Å². The van der Waals surface area contributed by atoms with Crippen LogP contribution in [0.5, 0.6) is 5.75 Å². The lowest BCUT2D eigenvalue weighted by Gasteiger charge is -2.18. The molecule has 0 aliphatic heterocycles. The molecule has 3 nitrogen and oxygen atoms in total. The standard InChI is InChI=1S/C15H23NO2/c1-16-10-14(17)13-9-12(7-8-15(13)18-2)11-5-3-4-6-11/h7-9,11,14,16-17H,3-6,10H2,1-2H3. The van der Waals surface area contributed by atoms with Crippen molar-refractivity contribution in [2.45, 2.75) is 37.7 Å². The highest BCUT2D eigenvalue weighted by molar-refractivity contribution is 5.40. The monoisotopic (exact) mass is 249 g/mol. The number of benzene rings is 1. The van der Waals surface area contributed by atoms with Crippen molar-refractivity contribution in [1.29, 1.82) is 0 Å². The van der Waals surface area contributed by atoms with Crippen molar-refractivity contribution in [2.24, 2.45) is 0 Å². The number of likely N-dealkylation sites (N-methyl/N-ethyl adjacent to an activating group) is 1. The maximum Gasteiger partial charge on any atom is 0.124 e. The first-order valence-corrected chi connectivity index (χ1v) is 6.76. The third-order valence-corrected chi connectivity index (χ3v) is 3.84. The number of nitrogens with one attached hydrogen (secondary N) is 1. The minimum atomic E-state index is -0.508. The average molecular weight is 249 g/mol. The molecule has 100 valence electrons. The van der Waals surface area contributed by atoms with Gasteiger partial charge in [0, 0.05) is 12.1 Å². The Morgan fingerprint density at radius 1 is 1.39 bits per heavy atom. The van der Waals surface area contributed by atoms with Crippen LogP contribution >= 0.6 is 0 Å². The van der Waals surface area contributed by atoms with Crippen LogP contribution in [0.15, 0.2) is 18.2 Å². The predicted molar refractivity (Wildman–Crippen MR) is 73.1 cm³/mol. The van der Waals surface area contributed by atoms with E-state index in [-0.39, 0.29) is 0 Å². The SMILES string of the molecule is CNCC(O)c1cc(C2CCCC2)ccc1OC. The number of methoxy groups -OCH3 is 1. The summed E-state index contributed by atoms with van der Waals surface area (Å²) in [6.45, 7) is 0.546. The van der Waals surface area contributed by atoms with Crippen molar-refractivity contribution < 1.29 is 9.84 Å². The van der Waals surface area contributed by atoms with Gasteiger partial charge in [-0.1, -0.05) is 18.9 Å². The molecule has 1 aromatic carbocycles. The normalized spacial score (nSPS) is 17.9. The summed E-state index contributed by atoms with van der Waals surface area (Å²) in [5, 5.41) is 13.2. The Kier molecular flexibility index (Phi) is 4.61. The second-order valence-electron chi connectivity index (χ2n) is 5.06. The van der Waals surface area contributed by atoms with Gasteiger partial charge in [0.1, 0.15) is 5.75 Å². The van der Waals surface area contributed by atoms with Gasteiger partial charge < -0.3 is 15.2 Å². The Morgan fingerprint density at radius 2 is 2.11 bits per heavy atom. The second kappa shape index (κ2) is 6.21. The first-order chi connectivity index (χ1) is 8.76. The molecule has 0 radical (unpaired) electrons. The third kappa shape index (κ3) is 2.85. The van der Waals surface area contributed by atoms with Crippen molar-refractivity contribution in [2.75, 3.05) is 20.7 Å². The van der Waals surface area contributed by atoms with E-state index in [0.29, 0.717) is 12.5 Å². The van der Waals surface area contributed by atoms with Crippen LogP contribution in [0.1, 0.15) is 48.8 Å². The molecule has 0 heterocycles. The summed E-state index contributed by atoms with van der Waals surface area (Å²) in [5.41, 5.74) is 2.25. The van der Waals surface area contributed by atoms with Gasteiger partial charge >= 0.3 is 0 Å². The van der Waals surface area contributed by atoms with E-state index in [4.69, 9.17) is 4.74 Å². The molecule has 1 aliphatic rings. The average Bonchev–Trinajstić information content (AvgIpc) is 2.92. The number of rotatable bonds is 5. The molecule has 1 atom stereocenters. The fourth-order valence-electron chi connectivity index (χ4n) is 2.83. The maximum atomic E-state index is 10.2. The molecule has 2 N–H and O–H groups in total. The van der Waals surface area contributed by atoms with Gasteiger partial charge in [-0.15, -0.1) is 0 Å². The summed E-state index contributed by atoms with van der Waals surface area (Å²) in [5.74, 6) is 1.44. The summed E-state index contributed by atoms with van der Waals surface area (Å²) in [6, 6.07) is 6.25. The number of aliphatic hydroxyl groups is 1. The zero-order valence-electron chi connectivity index (χ0n) is 11.3. The van der Waals surface area contributed by atoms with Gasteiger partial charge in [0.2, 0.25) is 0 Å². The summed E-state index contributed by atoms with van der Waals surface area (Å²) >= 11 is 0. The van der Waals surface area contributed by atoms with Gasteiger partial charge in [-0.3, -0.25) is 0 Å². The van der Waals surface area contributed by atoms with Crippen LogP contribution in [0, 0.1) is 0 Å². The van der Waals surface area contributed by atoms with Crippen molar-refractivity contribution >= 4 is 0 Å². The summed E-state index contributed by atoms with van der Waals surface area (Å²) in [6.07, 6.45) is 4.68. The zero-order chi connectivity index (χ0) is 13.0. The highest BCUT2D eigenvalue weighted by atomic mass is 16.5. The lowest BCUT2D eigenvalue weighted by molar-refractivity contribution is 0.173. The van der Waals surface area contributed by atoms with Gasteiger partial charge in [-0.2, -0.15) is 0 Å². The van der Waals surface area contributed by atoms with E-state index in [2.05, 4.69) is 17.4 Å². The molecule has 1 aromatic rings. The molecule has 0 saturated heterocycles. The first-order valence-electron chi connectivity index (χ1n) is 6.76. The molecule has 2 rings (SSSR count). The maximum absolute atomic E-state index is 10.2. The molecule has 0 aromatic heterocycles. The largest absolute Gasteiger partial charge is 0.496 e. The predicted octanol–water partition coefficient (Wildman–Crippen LogP) is 2.61. The van der Waals surface area contributed by atoms with E-state index < -0.39 is 6.10 Å². The number of hydrogen-bond donors (Lipinski definition) is 2. The molecule has 0 bridgehead atoms. The quantitative estimate of drug-likeness (QED) is 0.843. The fourth-order valence-corrected chi connectivity index (χ4v) is 2.83. The van der Waals surface area contributed by atoms with Crippen LogP contribution in [0.2, 0.25) is 0 Å². The summed E-state index contributed by atoms with van der Waals surface area (Å²) in [7, 11) is 3.50. The molecular weight excluding hydrogens is 226 g/mol. The topological polar surface area (TPSA) is 41.5 Å². The molecule has 1 unspecified atom stereocenters. The van der Waals surface area contributed by atoms with Crippen LogP contribution in [0.4, 0.5) is 0 Å². The van der Waals surface area contributed by atoms with E-state index in [0.717, 1.165) is 11.3 Å². The molecule has 0 spiro atoms. The van der Waals surface area contributed by atoms with Gasteiger partial charge in [-0.25, -0.2) is 0 Å². The fraction of sp³-hybridized carbons (Fsp3) is 0.600. The number of aliphatic hydroxyl groups excluding tert-OH is 1. The van der Waals surface area contributed by atoms with Gasteiger partial charge in [-0.05, 0) is 43.5 Å². The van der Waals surface area contributed by atoms with E-state index >= 15 is 0 Å². The van der Waals surface area contributed by atoms with E-state index in [1.54, 1.807) is 7.11 Å². The highest BCUT2D eigenvalue weighted by Gasteiger charge is 2.20. The second-order valence-corrected chi connectivity index (χ2v) is 5.06. The van der Waals surface area contributed by atoms with Crippen LogP contribution in [0.3, 0.4) is 0 Å². The van der Waals surface area contributed by atoms with Gasteiger partial charge in [0.15, 0.2) is 0 Å². The first kappa shape index (κ1) is 13.4. The third-order valence-electron chi connectivity index (χ3n) is 3.84. The molecule has 0 amide bonds.